The third-order valence-electron chi connectivity index (χ3n) is 3.48. The van der Waals surface area contributed by atoms with Crippen LogP contribution in [0.5, 0.6) is 0 Å². The molecule has 6 heteroatoms. The molecule has 114 valence electrons. The van der Waals surface area contributed by atoms with Crippen LogP contribution in [0.1, 0.15) is 30.1 Å². The summed E-state index contributed by atoms with van der Waals surface area (Å²) in [7, 11) is 0. The molecule has 0 saturated carbocycles. The van der Waals surface area contributed by atoms with Crippen molar-refractivity contribution in [2.45, 2.75) is 30.7 Å². The number of amides is 1. The number of rotatable bonds is 4. The number of carbonyl (C=O) groups excluding carboxylic acids is 2. The van der Waals surface area contributed by atoms with Crippen molar-refractivity contribution in [2.24, 2.45) is 0 Å². The number of hydrogen-bond donors (Lipinski definition) is 0. The fraction of sp³-hybridized carbons (Fsp3) is 0.467. The van der Waals surface area contributed by atoms with Crippen LogP contribution in [0, 0.1) is 0 Å². The van der Waals surface area contributed by atoms with E-state index in [0.717, 1.165) is 11.3 Å². The Morgan fingerprint density at radius 2 is 2.24 bits per heavy atom. The van der Waals surface area contributed by atoms with Crippen molar-refractivity contribution in [3.63, 3.8) is 0 Å². The number of nitrogens with zero attached hydrogens (tertiary/aromatic N) is 1. The van der Waals surface area contributed by atoms with Crippen LogP contribution in [0.4, 0.5) is 0 Å². The predicted octanol–water partition coefficient (Wildman–Crippen LogP) is 3.23. The van der Waals surface area contributed by atoms with Crippen LogP contribution in [0.2, 0.25) is 5.02 Å². The van der Waals surface area contributed by atoms with Gasteiger partial charge in [0.25, 0.3) is 5.91 Å². The first-order chi connectivity index (χ1) is 10.1. The van der Waals surface area contributed by atoms with Gasteiger partial charge in [-0.1, -0.05) is 11.6 Å². The van der Waals surface area contributed by atoms with Gasteiger partial charge in [-0.15, -0.1) is 11.8 Å². The van der Waals surface area contributed by atoms with E-state index in [0.29, 0.717) is 30.2 Å². The molecule has 1 aliphatic heterocycles. The zero-order valence-electron chi connectivity index (χ0n) is 12.1. The molecular formula is C15H18ClNO3S. The van der Waals surface area contributed by atoms with Crippen LogP contribution in [-0.4, -0.2) is 42.2 Å². The SMILES string of the molecule is CCOC(=O)C1CCCN1C(=O)c1cc(SC)ccc1Cl. The molecule has 1 saturated heterocycles. The van der Waals surface area contributed by atoms with Gasteiger partial charge < -0.3 is 9.64 Å². The number of ether oxygens (including phenoxy) is 1. The molecule has 1 aromatic carbocycles. The monoisotopic (exact) mass is 327 g/mol. The number of hydrogen-bond acceptors (Lipinski definition) is 4. The lowest BCUT2D eigenvalue weighted by Gasteiger charge is -2.23. The first kappa shape index (κ1) is 16.2. The van der Waals surface area contributed by atoms with Crippen LogP contribution in [0.25, 0.3) is 0 Å². The second-order valence-corrected chi connectivity index (χ2v) is 6.04. The van der Waals surface area contributed by atoms with Crippen LogP contribution < -0.4 is 0 Å². The molecule has 1 unspecified atom stereocenters. The zero-order valence-corrected chi connectivity index (χ0v) is 13.7. The second-order valence-electron chi connectivity index (χ2n) is 4.75. The predicted molar refractivity (Wildman–Crippen MR) is 83.9 cm³/mol. The van der Waals surface area contributed by atoms with E-state index in [9.17, 15) is 9.59 Å². The molecular weight excluding hydrogens is 310 g/mol. The molecule has 0 bridgehead atoms. The average Bonchev–Trinajstić information content (AvgIpc) is 2.97. The van der Waals surface area contributed by atoms with E-state index < -0.39 is 6.04 Å². The Hall–Kier alpha value is -1.20. The smallest absolute Gasteiger partial charge is 0.328 e. The van der Waals surface area contributed by atoms with Gasteiger partial charge in [0, 0.05) is 11.4 Å². The minimum absolute atomic E-state index is 0.202. The van der Waals surface area contributed by atoms with Crippen molar-refractivity contribution in [3.05, 3.63) is 28.8 Å². The van der Waals surface area contributed by atoms with Gasteiger partial charge in [0.15, 0.2) is 0 Å². The lowest BCUT2D eigenvalue weighted by atomic mass is 10.1. The van der Waals surface area contributed by atoms with Gasteiger partial charge in [-0.2, -0.15) is 0 Å². The number of thioether (sulfide) groups is 1. The summed E-state index contributed by atoms with van der Waals surface area (Å²) in [5, 5.41) is 0.410. The van der Waals surface area contributed by atoms with E-state index in [1.165, 1.54) is 0 Å². The number of carbonyl (C=O) groups is 2. The van der Waals surface area contributed by atoms with E-state index >= 15 is 0 Å². The molecule has 0 radical (unpaired) electrons. The highest BCUT2D eigenvalue weighted by Crippen LogP contribution is 2.27. The second kappa shape index (κ2) is 7.18. The molecule has 2 rings (SSSR count). The number of halogens is 1. The molecule has 1 amide bonds. The maximum atomic E-state index is 12.7. The third kappa shape index (κ3) is 3.52. The van der Waals surface area contributed by atoms with Crippen molar-refractivity contribution in [1.29, 1.82) is 0 Å². The van der Waals surface area contributed by atoms with Crippen LogP contribution >= 0.6 is 23.4 Å². The van der Waals surface area contributed by atoms with Gasteiger partial charge in [0.2, 0.25) is 0 Å². The lowest BCUT2D eigenvalue weighted by molar-refractivity contribution is -0.147. The molecule has 0 aromatic heterocycles. The van der Waals surface area contributed by atoms with Crippen molar-refractivity contribution in [3.8, 4) is 0 Å². The largest absolute Gasteiger partial charge is 0.464 e. The fourth-order valence-electron chi connectivity index (χ4n) is 2.44. The van der Waals surface area contributed by atoms with Crippen LogP contribution in [0.3, 0.4) is 0 Å². The number of benzene rings is 1. The molecule has 0 spiro atoms. The normalized spacial score (nSPS) is 17.9. The highest BCUT2D eigenvalue weighted by molar-refractivity contribution is 7.98. The van der Waals surface area contributed by atoms with E-state index in [4.69, 9.17) is 16.3 Å². The van der Waals surface area contributed by atoms with Crippen molar-refractivity contribution in [1.82, 2.24) is 4.90 Å². The Balaban J connectivity index is 2.24. The highest BCUT2D eigenvalue weighted by Gasteiger charge is 2.36. The minimum Gasteiger partial charge on any atom is -0.464 e. The zero-order chi connectivity index (χ0) is 15.4. The third-order valence-corrected chi connectivity index (χ3v) is 4.53. The Bertz CT molecular complexity index is 550. The van der Waals surface area contributed by atoms with Gasteiger partial charge >= 0.3 is 5.97 Å². The van der Waals surface area contributed by atoms with Crippen LogP contribution in [0.15, 0.2) is 23.1 Å². The van der Waals surface area contributed by atoms with Gasteiger partial charge in [-0.25, -0.2) is 4.79 Å². The Morgan fingerprint density at radius 3 is 2.90 bits per heavy atom. The van der Waals surface area contributed by atoms with Crippen molar-refractivity contribution >= 4 is 35.2 Å². The van der Waals surface area contributed by atoms with Gasteiger partial charge in [0.05, 0.1) is 17.2 Å². The van der Waals surface area contributed by atoms with Crippen molar-refractivity contribution in [2.75, 3.05) is 19.4 Å². The van der Waals surface area contributed by atoms with Gasteiger partial charge in [-0.3, -0.25) is 4.79 Å². The summed E-state index contributed by atoms with van der Waals surface area (Å²) in [6, 6.07) is 4.87. The number of esters is 1. The molecule has 1 fully saturated rings. The molecule has 21 heavy (non-hydrogen) atoms. The van der Waals surface area contributed by atoms with Gasteiger partial charge in [0.1, 0.15) is 6.04 Å². The summed E-state index contributed by atoms with van der Waals surface area (Å²) in [4.78, 5) is 27.2. The molecule has 0 N–H and O–H groups in total. The number of likely N-dealkylation sites (tertiary alicyclic amines) is 1. The van der Waals surface area contributed by atoms with E-state index in [-0.39, 0.29) is 11.9 Å². The maximum Gasteiger partial charge on any atom is 0.328 e. The maximum absolute atomic E-state index is 12.7. The highest BCUT2D eigenvalue weighted by atomic mass is 35.5. The Morgan fingerprint density at radius 1 is 1.48 bits per heavy atom. The van der Waals surface area contributed by atoms with Gasteiger partial charge in [-0.05, 0) is 44.2 Å². The first-order valence-electron chi connectivity index (χ1n) is 6.89. The van der Waals surface area contributed by atoms with E-state index in [1.54, 1.807) is 35.7 Å². The molecule has 0 aliphatic carbocycles. The topological polar surface area (TPSA) is 46.6 Å². The molecule has 1 heterocycles. The molecule has 1 aromatic rings. The molecule has 1 atom stereocenters. The van der Waals surface area contributed by atoms with E-state index in [2.05, 4.69) is 0 Å². The standard InChI is InChI=1S/C15H18ClNO3S/c1-3-20-15(19)13-5-4-8-17(13)14(18)11-9-10(21-2)6-7-12(11)16/h6-7,9,13H,3-5,8H2,1-2H3. The average molecular weight is 328 g/mol. The Labute approximate surface area is 133 Å². The molecule has 1 aliphatic rings. The first-order valence-corrected chi connectivity index (χ1v) is 8.50. The molecule has 4 nitrogen and oxygen atoms in total. The summed E-state index contributed by atoms with van der Waals surface area (Å²) >= 11 is 7.69. The summed E-state index contributed by atoms with van der Waals surface area (Å²) in [6.45, 7) is 2.64. The Kier molecular flexibility index (Phi) is 5.53. The van der Waals surface area contributed by atoms with Crippen LogP contribution in [-0.2, 0) is 9.53 Å². The minimum atomic E-state index is -0.494. The quantitative estimate of drug-likeness (QED) is 0.629. The summed E-state index contributed by atoms with van der Waals surface area (Å²) in [5.41, 5.74) is 0.444. The summed E-state index contributed by atoms with van der Waals surface area (Å²) in [6.07, 6.45) is 3.38. The fourth-order valence-corrected chi connectivity index (χ4v) is 3.08. The summed E-state index contributed by atoms with van der Waals surface area (Å²) in [5.74, 6) is -0.535. The lowest BCUT2D eigenvalue weighted by Crippen LogP contribution is -2.41. The summed E-state index contributed by atoms with van der Waals surface area (Å²) < 4.78 is 5.05. The van der Waals surface area contributed by atoms with E-state index in [1.807, 2.05) is 12.3 Å². The van der Waals surface area contributed by atoms with Crippen molar-refractivity contribution < 1.29 is 14.3 Å².